The third-order valence-corrected chi connectivity index (χ3v) is 3.43. The van der Waals surface area contributed by atoms with Gasteiger partial charge in [-0.2, -0.15) is 0 Å². The van der Waals surface area contributed by atoms with Crippen LogP contribution in [-0.4, -0.2) is 23.5 Å². The van der Waals surface area contributed by atoms with E-state index in [2.05, 4.69) is 16.4 Å². The molecule has 2 rings (SSSR count). The fraction of sp³-hybridized carbons (Fsp3) is 0.467. The Balaban J connectivity index is 1.97. The fourth-order valence-corrected chi connectivity index (χ4v) is 2.15. The molecule has 0 aliphatic heterocycles. The van der Waals surface area contributed by atoms with Crippen molar-refractivity contribution in [1.82, 2.24) is 10.3 Å². The van der Waals surface area contributed by atoms with Gasteiger partial charge in [0.15, 0.2) is 0 Å². The number of halogens is 2. The molecule has 0 fully saturated rings. The zero-order valence-corrected chi connectivity index (χ0v) is 11.3. The van der Waals surface area contributed by atoms with Crippen molar-refractivity contribution in [3.63, 3.8) is 0 Å². The minimum absolute atomic E-state index is 0.0247. The maximum atomic E-state index is 13.2. The Bertz CT molecular complexity index is 534. The summed E-state index contributed by atoms with van der Waals surface area (Å²) in [5.41, 5.74) is 2.25. The number of aromatic amines is 1. The molecule has 19 heavy (non-hydrogen) atoms. The van der Waals surface area contributed by atoms with Crippen molar-refractivity contribution < 1.29 is 8.78 Å². The van der Waals surface area contributed by atoms with E-state index in [-0.39, 0.29) is 19.0 Å². The van der Waals surface area contributed by atoms with Crippen LogP contribution in [-0.2, 0) is 6.42 Å². The van der Waals surface area contributed by atoms with E-state index in [9.17, 15) is 8.78 Å². The van der Waals surface area contributed by atoms with E-state index in [0.29, 0.717) is 0 Å². The Morgan fingerprint density at radius 3 is 2.79 bits per heavy atom. The first-order valence-electron chi connectivity index (χ1n) is 6.68. The normalized spacial score (nSPS) is 13.9. The van der Waals surface area contributed by atoms with Crippen LogP contribution < -0.4 is 5.32 Å². The number of para-hydroxylation sites is 1. The Morgan fingerprint density at radius 1 is 1.32 bits per heavy atom. The van der Waals surface area contributed by atoms with Gasteiger partial charge in [0.05, 0.1) is 6.54 Å². The van der Waals surface area contributed by atoms with Crippen molar-refractivity contribution >= 4 is 10.9 Å². The summed E-state index contributed by atoms with van der Waals surface area (Å²) >= 11 is 0. The van der Waals surface area contributed by atoms with Gasteiger partial charge in [-0.3, -0.25) is 0 Å². The predicted octanol–water partition coefficient (Wildman–Crippen LogP) is 3.73. The Hall–Kier alpha value is -1.42. The molecular weight excluding hydrogens is 246 g/mol. The molecule has 2 nitrogen and oxygen atoms in total. The fourth-order valence-electron chi connectivity index (χ4n) is 2.15. The second-order valence-corrected chi connectivity index (χ2v) is 5.06. The molecule has 0 aliphatic rings. The van der Waals surface area contributed by atoms with Gasteiger partial charge in [-0.15, -0.1) is 0 Å². The van der Waals surface area contributed by atoms with Crippen LogP contribution in [0.1, 0.15) is 25.8 Å². The number of hydrogen-bond acceptors (Lipinski definition) is 1. The molecule has 0 bridgehead atoms. The molecule has 2 aromatic rings. The van der Waals surface area contributed by atoms with Gasteiger partial charge in [-0.25, -0.2) is 8.78 Å². The van der Waals surface area contributed by atoms with Crippen LogP contribution in [0.25, 0.3) is 10.9 Å². The summed E-state index contributed by atoms with van der Waals surface area (Å²) in [7, 11) is 0. The molecule has 0 radical (unpaired) electrons. The maximum absolute atomic E-state index is 13.2. The molecule has 0 unspecified atom stereocenters. The van der Waals surface area contributed by atoms with Crippen molar-refractivity contribution in [2.75, 3.05) is 6.54 Å². The van der Waals surface area contributed by atoms with E-state index in [1.807, 2.05) is 31.3 Å². The van der Waals surface area contributed by atoms with E-state index >= 15 is 0 Å². The SMILES string of the molecule is CCC(F)(F)CN[C@H](C)Cc1c[nH]c2ccccc12. The number of hydrogen-bond donors (Lipinski definition) is 2. The lowest BCUT2D eigenvalue weighted by Crippen LogP contribution is -2.38. The summed E-state index contributed by atoms with van der Waals surface area (Å²) in [6.45, 7) is 3.19. The van der Waals surface area contributed by atoms with Gasteiger partial charge in [-0.1, -0.05) is 25.1 Å². The first-order valence-corrected chi connectivity index (χ1v) is 6.68. The zero-order chi connectivity index (χ0) is 13.9. The third-order valence-electron chi connectivity index (χ3n) is 3.43. The number of rotatable bonds is 6. The molecule has 0 saturated carbocycles. The molecule has 1 aromatic heterocycles. The minimum Gasteiger partial charge on any atom is -0.361 e. The molecule has 1 aromatic carbocycles. The highest BCUT2D eigenvalue weighted by atomic mass is 19.3. The second-order valence-electron chi connectivity index (χ2n) is 5.06. The van der Waals surface area contributed by atoms with Crippen LogP contribution in [0.3, 0.4) is 0 Å². The Morgan fingerprint density at radius 2 is 2.05 bits per heavy atom. The summed E-state index contributed by atoms with van der Waals surface area (Å²) in [4.78, 5) is 3.20. The van der Waals surface area contributed by atoms with Gasteiger partial charge in [0.2, 0.25) is 0 Å². The predicted molar refractivity (Wildman–Crippen MR) is 74.7 cm³/mol. The van der Waals surface area contributed by atoms with Crippen molar-refractivity contribution in [2.45, 2.75) is 38.7 Å². The average molecular weight is 266 g/mol. The molecule has 104 valence electrons. The number of alkyl halides is 2. The highest BCUT2D eigenvalue weighted by Gasteiger charge is 2.26. The van der Waals surface area contributed by atoms with Gasteiger partial charge in [-0.05, 0) is 25.0 Å². The molecular formula is C15H20F2N2. The van der Waals surface area contributed by atoms with Crippen LogP contribution >= 0.6 is 0 Å². The highest BCUT2D eigenvalue weighted by Crippen LogP contribution is 2.20. The van der Waals surface area contributed by atoms with Crippen molar-refractivity contribution in [2.24, 2.45) is 0 Å². The van der Waals surface area contributed by atoms with E-state index in [0.717, 1.165) is 17.5 Å². The lowest BCUT2D eigenvalue weighted by atomic mass is 10.1. The summed E-state index contributed by atoms with van der Waals surface area (Å²) in [5.74, 6) is -2.62. The first kappa shape index (κ1) is 14.0. The number of nitrogens with one attached hydrogen (secondary N) is 2. The van der Waals surface area contributed by atoms with Gasteiger partial charge in [0.1, 0.15) is 0 Å². The van der Waals surface area contributed by atoms with Gasteiger partial charge < -0.3 is 10.3 Å². The monoisotopic (exact) mass is 266 g/mol. The van der Waals surface area contributed by atoms with E-state index in [1.54, 1.807) is 0 Å². The van der Waals surface area contributed by atoms with Gasteiger partial charge in [0, 0.05) is 29.6 Å². The number of H-pyrrole nitrogens is 1. The van der Waals surface area contributed by atoms with Crippen LogP contribution in [0.15, 0.2) is 30.5 Å². The number of benzene rings is 1. The largest absolute Gasteiger partial charge is 0.361 e. The Kier molecular flexibility index (Phi) is 4.20. The van der Waals surface area contributed by atoms with Crippen LogP contribution in [0.5, 0.6) is 0 Å². The molecule has 2 N–H and O–H groups in total. The standard InChI is InChI=1S/C15H20F2N2/c1-3-15(16,17)10-19-11(2)8-12-9-18-14-7-5-4-6-13(12)14/h4-7,9,11,18-19H,3,8,10H2,1-2H3/t11-/m1/s1. The van der Waals surface area contributed by atoms with Crippen molar-refractivity contribution in [3.8, 4) is 0 Å². The summed E-state index contributed by atoms with van der Waals surface area (Å²) in [5, 5.41) is 4.08. The molecule has 0 saturated heterocycles. The smallest absolute Gasteiger partial charge is 0.260 e. The molecule has 1 heterocycles. The molecule has 1 atom stereocenters. The number of fused-ring (bicyclic) bond motifs is 1. The summed E-state index contributed by atoms with van der Waals surface area (Å²) in [6.07, 6.45) is 2.57. The Labute approximate surface area is 112 Å². The molecule has 4 heteroatoms. The molecule has 0 amide bonds. The van der Waals surface area contributed by atoms with Gasteiger partial charge >= 0.3 is 0 Å². The number of aromatic nitrogens is 1. The summed E-state index contributed by atoms with van der Waals surface area (Å²) < 4.78 is 26.4. The van der Waals surface area contributed by atoms with Crippen LogP contribution in [0.4, 0.5) is 8.78 Å². The minimum atomic E-state index is -2.62. The van der Waals surface area contributed by atoms with E-state index in [1.165, 1.54) is 12.3 Å². The maximum Gasteiger partial charge on any atom is 0.260 e. The summed E-state index contributed by atoms with van der Waals surface area (Å²) in [6, 6.07) is 8.06. The van der Waals surface area contributed by atoms with Crippen molar-refractivity contribution in [3.05, 3.63) is 36.0 Å². The third kappa shape index (κ3) is 3.53. The lowest BCUT2D eigenvalue weighted by Gasteiger charge is -2.19. The lowest BCUT2D eigenvalue weighted by molar-refractivity contribution is -0.00362. The van der Waals surface area contributed by atoms with E-state index in [4.69, 9.17) is 0 Å². The topological polar surface area (TPSA) is 27.8 Å². The van der Waals surface area contributed by atoms with Gasteiger partial charge in [0.25, 0.3) is 5.92 Å². The second kappa shape index (κ2) is 5.70. The van der Waals surface area contributed by atoms with Crippen LogP contribution in [0, 0.1) is 0 Å². The molecule has 0 spiro atoms. The quantitative estimate of drug-likeness (QED) is 0.819. The average Bonchev–Trinajstić information content (AvgIpc) is 2.80. The van der Waals surface area contributed by atoms with Crippen molar-refractivity contribution in [1.29, 1.82) is 0 Å². The van der Waals surface area contributed by atoms with E-state index < -0.39 is 5.92 Å². The highest BCUT2D eigenvalue weighted by molar-refractivity contribution is 5.83. The first-order chi connectivity index (χ1) is 9.02. The zero-order valence-electron chi connectivity index (χ0n) is 11.3. The van der Waals surface area contributed by atoms with Crippen LogP contribution in [0.2, 0.25) is 0 Å². The molecule has 0 aliphatic carbocycles.